The molecule has 0 aromatic carbocycles. The van der Waals surface area contributed by atoms with E-state index < -0.39 is 31.7 Å². The van der Waals surface area contributed by atoms with Gasteiger partial charge in [-0.05, 0) is 12.8 Å². The third kappa shape index (κ3) is 3.28. The smallest absolute Gasteiger partial charge is 0.350 e. The number of aromatic amines is 1. The van der Waals surface area contributed by atoms with Gasteiger partial charge in [-0.2, -0.15) is 4.98 Å². The van der Waals surface area contributed by atoms with Crippen LogP contribution in [0.25, 0.3) is 11.2 Å². The number of nitrogens with one attached hydrogen (secondary N) is 1. The molecule has 0 aliphatic heterocycles. The first kappa shape index (κ1) is 16.1. The highest BCUT2D eigenvalue weighted by Gasteiger charge is 2.36. The van der Waals surface area contributed by atoms with Crippen LogP contribution in [0.4, 0.5) is 5.95 Å². The predicted octanol–water partition coefficient (Wildman–Crippen LogP) is -1.08. The van der Waals surface area contributed by atoms with Gasteiger partial charge in [0.25, 0.3) is 5.56 Å². The summed E-state index contributed by atoms with van der Waals surface area (Å²) in [5.74, 6) is -0.0444. The van der Waals surface area contributed by atoms with E-state index in [1.807, 2.05) is 0 Å². The molecule has 0 amide bonds. The Balaban J connectivity index is 1.84. The summed E-state index contributed by atoms with van der Waals surface area (Å²) in [5.41, 5.74) is 5.50. The molecule has 2 aromatic rings. The Kier molecular flexibility index (Phi) is 3.98. The molecule has 2 aromatic heterocycles. The molecule has 0 bridgehead atoms. The number of aliphatic hydroxyl groups is 1. The molecular weight excluding hydrogens is 329 g/mol. The zero-order valence-corrected chi connectivity index (χ0v) is 12.8. The molecule has 12 heteroatoms. The van der Waals surface area contributed by atoms with Gasteiger partial charge in [0.2, 0.25) is 5.95 Å². The highest BCUT2D eigenvalue weighted by atomic mass is 31.2. The largest absolute Gasteiger partial charge is 0.390 e. The number of nitrogen functional groups attached to an aromatic ring is 1. The Morgan fingerprint density at radius 1 is 1.48 bits per heavy atom. The van der Waals surface area contributed by atoms with Crippen molar-refractivity contribution < 1.29 is 24.2 Å². The molecule has 6 N–H and O–H groups in total. The second-order valence-electron chi connectivity index (χ2n) is 5.47. The molecule has 1 aliphatic rings. The minimum absolute atomic E-state index is 0.0444. The lowest BCUT2D eigenvalue weighted by molar-refractivity contribution is -0.00425. The van der Waals surface area contributed by atoms with Crippen LogP contribution in [0.3, 0.4) is 0 Å². The molecular formula is C11H16N5O6P. The first-order valence-electron chi connectivity index (χ1n) is 6.81. The van der Waals surface area contributed by atoms with Gasteiger partial charge in [-0.3, -0.25) is 14.3 Å². The van der Waals surface area contributed by atoms with Gasteiger partial charge in [-0.25, -0.2) is 4.98 Å². The third-order valence-corrected chi connectivity index (χ3v) is 4.23. The van der Waals surface area contributed by atoms with E-state index in [0.717, 1.165) is 0 Å². The standard InChI is InChI=1S/C11H16N5O6P/c12-11-14-9-8(10(18)15-11)13-3-16(9)5-1-6(17)7(2-5)22-4-23(19,20)21/h3,5-7,17H,1-2,4H2,(H2,19,20,21)(H3,12,14,15,18)/t5-,6?,7+/m1/s1. The summed E-state index contributed by atoms with van der Waals surface area (Å²) in [5, 5.41) is 10.0. The zero-order valence-electron chi connectivity index (χ0n) is 11.9. The van der Waals surface area contributed by atoms with E-state index in [9.17, 15) is 14.5 Å². The summed E-state index contributed by atoms with van der Waals surface area (Å²) < 4.78 is 17.6. The SMILES string of the molecule is Nc1nc2c(ncn2[C@@H]2CC(O)[C@@H](OCP(=O)(O)O)C2)c(=O)[nH]1. The average Bonchev–Trinajstić information content (AvgIpc) is 2.99. The summed E-state index contributed by atoms with van der Waals surface area (Å²) in [6.45, 7) is 0. The van der Waals surface area contributed by atoms with E-state index in [0.29, 0.717) is 12.1 Å². The minimum atomic E-state index is -4.30. The van der Waals surface area contributed by atoms with E-state index >= 15 is 0 Å². The highest BCUT2D eigenvalue weighted by Crippen LogP contribution is 2.39. The van der Waals surface area contributed by atoms with Crippen molar-refractivity contribution in [1.82, 2.24) is 19.5 Å². The van der Waals surface area contributed by atoms with E-state index in [-0.39, 0.29) is 23.9 Å². The van der Waals surface area contributed by atoms with Crippen molar-refractivity contribution in [3.63, 3.8) is 0 Å². The van der Waals surface area contributed by atoms with Gasteiger partial charge in [0.05, 0.1) is 18.5 Å². The van der Waals surface area contributed by atoms with Crippen LogP contribution in [0.2, 0.25) is 0 Å². The van der Waals surface area contributed by atoms with Gasteiger partial charge >= 0.3 is 7.60 Å². The monoisotopic (exact) mass is 345 g/mol. The van der Waals surface area contributed by atoms with Gasteiger partial charge < -0.3 is 29.9 Å². The first-order chi connectivity index (χ1) is 10.7. The number of nitrogens with zero attached hydrogens (tertiary/aromatic N) is 3. The highest BCUT2D eigenvalue weighted by molar-refractivity contribution is 7.51. The van der Waals surface area contributed by atoms with Crippen LogP contribution >= 0.6 is 7.60 Å². The maximum absolute atomic E-state index is 11.8. The second-order valence-corrected chi connectivity index (χ2v) is 7.05. The lowest BCUT2D eigenvalue weighted by Gasteiger charge is -2.15. The number of aromatic nitrogens is 4. The predicted molar refractivity (Wildman–Crippen MR) is 78.6 cm³/mol. The zero-order chi connectivity index (χ0) is 16.8. The van der Waals surface area contributed by atoms with Gasteiger partial charge in [-0.1, -0.05) is 0 Å². The summed E-state index contributed by atoms with van der Waals surface area (Å²) in [4.78, 5) is 39.8. The van der Waals surface area contributed by atoms with Crippen molar-refractivity contribution >= 4 is 24.7 Å². The van der Waals surface area contributed by atoms with Crippen LogP contribution in [0.5, 0.6) is 0 Å². The number of anilines is 1. The van der Waals surface area contributed by atoms with E-state index in [2.05, 4.69) is 15.0 Å². The van der Waals surface area contributed by atoms with E-state index in [1.165, 1.54) is 6.33 Å². The topological polar surface area (TPSA) is 177 Å². The molecule has 11 nitrogen and oxygen atoms in total. The molecule has 1 unspecified atom stereocenters. The number of rotatable bonds is 4. The van der Waals surface area contributed by atoms with Gasteiger partial charge in [0, 0.05) is 6.04 Å². The number of nitrogens with two attached hydrogens (primary N) is 1. The molecule has 1 fully saturated rings. The number of ether oxygens (including phenoxy) is 1. The van der Waals surface area contributed by atoms with E-state index in [1.54, 1.807) is 4.57 Å². The summed E-state index contributed by atoms with van der Waals surface area (Å²) in [6, 6.07) is -0.273. The van der Waals surface area contributed by atoms with Crippen molar-refractivity contribution in [3.05, 3.63) is 16.7 Å². The Morgan fingerprint density at radius 3 is 2.91 bits per heavy atom. The van der Waals surface area contributed by atoms with Crippen molar-refractivity contribution in [2.45, 2.75) is 31.1 Å². The molecule has 2 heterocycles. The molecule has 3 rings (SSSR count). The lowest BCUT2D eigenvalue weighted by atomic mass is 10.2. The molecule has 126 valence electrons. The Morgan fingerprint density at radius 2 is 2.22 bits per heavy atom. The molecule has 3 atom stereocenters. The second kappa shape index (κ2) is 5.69. The van der Waals surface area contributed by atoms with Gasteiger partial charge in [0.15, 0.2) is 11.2 Å². The van der Waals surface area contributed by atoms with Crippen molar-refractivity contribution in [3.8, 4) is 0 Å². The maximum atomic E-state index is 11.8. The van der Waals surface area contributed by atoms with Crippen molar-refractivity contribution in [2.24, 2.45) is 0 Å². The number of H-pyrrole nitrogens is 1. The average molecular weight is 345 g/mol. The Labute approximate surface area is 129 Å². The van der Waals surface area contributed by atoms with Crippen LogP contribution in [0.1, 0.15) is 18.9 Å². The fraction of sp³-hybridized carbons (Fsp3) is 0.545. The Hall–Kier alpha value is -1.78. The fourth-order valence-electron chi connectivity index (χ4n) is 2.76. The lowest BCUT2D eigenvalue weighted by Crippen LogP contribution is -2.23. The van der Waals surface area contributed by atoms with Crippen LogP contribution in [-0.4, -0.2) is 53.0 Å². The van der Waals surface area contributed by atoms with Crippen LogP contribution in [0.15, 0.2) is 11.1 Å². The number of imidazole rings is 1. The van der Waals surface area contributed by atoms with Crippen molar-refractivity contribution in [2.75, 3.05) is 12.1 Å². The quantitative estimate of drug-likeness (QED) is 0.431. The van der Waals surface area contributed by atoms with Crippen molar-refractivity contribution in [1.29, 1.82) is 0 Å². The van der Waals surface area contributed by atoms with Crippen LogP contribution in [0, 0.1) is 0 Å². The van der Waals surface area contributed by atoms with Crippen LogP contribution < -0.4 is 11.3 Å². The maximum Gasteiger partial charge on any atom is 0.350 e. The molecule has 23 heavy (non-hydrogen) atoms. The number of hydrogen-bond acceptors (Lipinski definition) is 7. The fourth-order valence-corrected chi connectivity index (χ4v) is 3.15. The minimum Gasteiger partial charge on any atom is -0.390 e. The van der Waals surface area contributed by atoms with E-state index in [4.69, 9.17) is 20.3 Å². The number of aliphatic hydroxyl groups excluding tert-OH is 1. The summed E-state index contributed by atoms with van der Waals surface area (Å²) >= 11 is 0. The van der Waals surface area contributed by atoms with Crippen LogP contribution in [-0.2, 0) is 9.30 Å². The Bertz CT molecular complexity index is 828. The number of fused-ring (bicyclic) bond motifs is 1. The third-order valence-electron chi connectivity index (χ3n) is 3.75. The first-order valence-corrected chi connectivity index (χ1v) is 8.61. The van der Waals surface area contributed by atoms with Gasteiger partial charge in [-0.15, -0.1) is 0 Å². The van der Waals surface area contributed by atoms with Gasteiger partial charge in [0.1, 0.15) is 6.35 Å². The molecule has 0 saturated heterocycles. The number of hydrogen-bond donors (Lipinski definition) is 5. The molecule has 1 aliphatic carbocycles. The molecule has 0 radical (unpaired) electrons. The summed E-state index contributed by atoms with van der Waals surface area (Å²) in [6.07, 6.45) is -0.341. The molecule has 1 saturated carbocycles. The molecule has 0 spiro atoms. The normalized spacial score (nSPS) is 25.3. The summed E-state index contributed by atoms with van der Waals surface area (Å²) in [7, 11) is -4.30.